The molecule has 0 atom stereocenters. The minimum absolute atomic E-state index is 0.0659. The van der Waals surface area contributed by atoms with Gasteiger partial charge in [0.15, 0.2) is 0 Å². The van der Waals surface area contributed by atoms with Crippen molar-refractivity contribution < 1.29 is 9.53 Å². The summed E-state index contributed by atoms with van der Waals surface area (Å²) >= 11 is 1.48. The number of aromatic nitrogens is 3. The summed E-state index contributed by atoms with van der Waals surface area (Å²) in [6.45, 7) is 0.835. The van der Waals surface area contributed by atoms with E-state index in [0.717, 1.165) is 16.3 Å². The third-order valence-electron chi connectivity index (χ3n) is 3.15. The molecule has 0 aliphatic heterocycles. The summed E-state index contributed by atoms with van der Waals surface area (Å²) in [5.74, 6) is 0.632. The second kappa shape index (κ2) is 8.16. The summed E-state index contributed by atoms with van der Waals surface area (Å²) in [7, 11) is 0. The molecule has 0 radical (unpaired) electrons. The number of nitrogens with one attached hydrogen (secondary N) is 1. The highest BCUT2D eigenvalue weighted by molar-refractivity contribution is 7.09. The number of carbonyl (C=O) groups excluding carboxylic acids is 1. The molecule has 0 aliphatic rings. The van der Waals surface area contributed by atoms with Crippen LogP contribution in [0, 0.1) is 0 Å². The maximum Gasteiger partial charge on any atom is 0.226 e. The average Bonchev–Trinajstić information content (AvgIpc) is 3.07. The van der Waals surface area contributed by atoms with Gasteiger partial charge in [0, 0.05) is 30.5 Å². The Morgan fingerprint density at radius 3 is 2.75 bits per heavy atom. The monoisotopic (exact) mass is 340 g/mol. The Bertz CT molecular complexity index is 778. The second-order valence-electron chi connectivity index (χ2n) is 5.02. The van der Waals surface area contributed by atoms with Gasteiger partial charge in [-0.2, -0.15) is 0 Å². The van der Waals surface area contributed by atoms with Gasteiger partial charge < -0.3 is 10.1 Å². The Labute approximate surface area is 143 Å². The number of thiazole rings is 1. The standard InChI is InChI=1S/C17H16N4O2S/c22-16(20-9-13-3-1-5-18-8-13)7-14-12-24-17(21-14)11-23-15-4-2-6-19-10-15/h1-6,8,10,12H,7,9,11H2,(H,20,22). The Morgan fingerprint density at radius 1 is 1.17 bits per heavy atom. The van der Waals surface area contributed by atoms with Crippen LogP contribution in [0.25, 0.3) is 0 Å². The first kappa shape index (κ1) is 16.1. The average molecular weight is 340 g/mol. The van der Waals surface area contributed by atoms with Crippen molar-refractivity contribution in [3.8, 4) is 5.75 Å². The summed E-state index contributed by atoms with van der Waals surface area (Å²) in [6.07, 6.45) is 7.04. The van der Waals surface area contributed by atoms with Crippen molar-refractivity contribution in [2.45, 2.75) is 19.6 Å². The zero-order valence-electron chi connectivity index (χ0n) is 12.9. The molecule has 3 aromatic heterocycles. The van der Waals surface area contributed by atoms with Crippen molar-refractivity contribution in [1.29, 1.82) is 0 Å². The van der Waals surface area contributed by atoms with Crippen LogP contribution in [0.1, 0.15) is 16.3 Å². The van der Waals surface area contributed by atoms with Gasteiger partial charge in [-0.3, -0.25) is 14.8 Å². The van der Waals surface area contributed by atoms with Crippen molar-refractivity contribution in [2.75, 3.05) is 0 Å². The number of ether oxygens (including phenoxy) is 1. The van der Waals surface area contributed by atoms with Gasteiger partial charge in [-0.15, -0.1) is 11.3 Å². The largest absolute Gasteiger partial charge is 0.485 e. The van der Waals surface area contributed by atoms with Crippen molar-refractivity contribution in [2.24, 2.45) is 0 Å². The Hall–Kier alpha value is -2.80. The molecule has 0 aromatic carbocycles. The summed E-state index contributed by atoms with van der Waals surface area (Å²) < 4.78 is 5.59. The highest BCUT2D eigenvalue weighted by Gasteiger charge is 2.08. The Kier molecular flexibility index (Phi) is 5.47. The summed E-state index contributed by atoms with van der Waals surface area (Å²) in [4.78, 5) is 24.4. The van der Waals surface area contributed by atoms with E-state index in [4.69, 9.17) is 4.74 Å². The van der Waals surface area contributed by atoms with Gasteiger partial charge in [0.05, 0.1) is 18.3 Å². The highest BCUT2D eigenvalue weighted by Crippen LogP contribution is 2.14. The van der Waals surface area contributed by atoms with Crippen LogP contribution in [0.4, 0.5) is 0 Å². The number of nitrogens with zero attached hydrogens (tertiary/aromatic N) is 3. The predicted molar refractivity (Wildman–Crippen MR) is 90.5 cm³/mol. The number of rotatable bonds is 7. The van der Waals surface area contributed by atoms with Gasteiger partial charge in [-0.25, -0.2) is 4.98 Å². The first-order valence-corrected chi connectivity index (χ1v) is 8.29. The van der Waals surface area contributed by atoms with Gasteiger partial charge in [0.1, 0.15) is 17.4 Å². The van der Waals surface area contributed by atoms with Gasteiger partial charge in [0.2, 0.25) is 5.91 Å². The minimum atomic E-state index is -0.0659. The highest BCUT2D eigenvalue weighted by atomic mass is 32.1. The van der Waals surface area contributed by atoms with E-state index in [1.165, 1.54) is 11.3 Å². The lowest BCUT2D eigenvalue weighted by molar-refractivity contribution is -0.120. The summed E-state index contributed by atoms with van der Waals surface area (Å²) in [5, 5.41) is 5.57. The Balaban J connectivity index is 1.46. The lowest BCUT2D eigenvalue weighted by Gasteiger charge is -2.04. The fourth-order valence-electron chi connectivity index (χ4n) is 2.00. The van der Waals surface area contributed by atoms with Crippen LogP contribution in [0.3, 0.4) is 0 Å². The van der Waals surface area contributed by atoms with Crippen molar-refractivity contribution in [3.63, 3.8) is 0 Å². The van der Waals surface area contributed by atoms with Gasteiger partial charge in [-0.1, -0.05) is 6.07 Å². The molecule has 122 valence electrons. The molecule has 3 rings (SSSR count). The first-order valence-electron chi connectivity index (χ1n) is 7.41. The first-order chi connectivity index (χ1) is 11.8. The van der Waals surface area contributed by atoms with Gasteiger partial charge >= 0.3 is 0 Å². The topological polar surface area (TPSA) is 77.0 Å². The van der Waals surface area contributed by atoms with Crippen LogP contribution >= 0.6 is 11.3 Å². The molecule has 1 N–H and O–H groups in total. The van der Waals surface area contributed by atoms with E-state index in [0.29, 0.717) is 18.9 Å². The lowest BCUT2D eigenvalue weighted by Crippen LogP contribution is -2.24. The quantitative estimate of drug-likeness (QED) is 0.714. The third kappa shape index (κ3) is 4.85. The van der Waals surface area contributed by atoms with E-state index in [-0.39, 0.29) is 12.3 Å². The van der Waals surface area contributed by atoms with Crippen molar-refractivity contribution in [3.05, 3.63) is 70.7 Å². The molecule has 1 amide bonds. The molecule has 24 heavy (non-hydrogen) atoms. The van der Waals surface area contributed by atoms with E-state index in [1.807, 2.05) is 29.6 Å². The number of pyridine rings is 2. The maximum atomic E-state index is 12.0. The van der Waals surface area contributed by atoms with E-state index < -0.39 is 0 Å². The van der Waals surface area contributed by atoms with Crippen LogP contribution in [0.5, 0.6) is 5.75 Å². The van der Waals surface area contributed by atoms with E-state index in [2.05, 4.69) is 20.3 Å². The normalized spacial score (nSPS) is 10.3. The van der Waals surface area contributed by atoms with Crippen molar-refractivity contribution in [1.82, 2.24) is 20.3 Å². The molecule has 0 spiro atoms. The molecule has 6 nitrogen and oxygen atoms in total. The van der Waals surface area contributed by atoms with E-state index in [1.54, 1.807) is 24.8 Å². The zero-order valence-corrected chi connectivity index (χ0v) is 13.7. The van der Waals surface area contributed by atoms with Crippen molar-refractivity contribution >= 4 is 17.2 Å². The molecule has 3 heterocycles. The molecule has 0 aliphatic carbocycles. The summed E-state index contributed by atoms with van der Waals surface area (Å²) in [5.41, 5.74) is 1.71. The number of hydrogen-bond acceptors (Lipinski definition) is 6. The number of carbonyl (C=O) groups is 1. The van der Waals surface area contributed by atoms with Crippen LogP contribution in [-0.2, 0) is 24.4 Å². The number of hydrogen-bond donors (Lipinski definition) is 1. The van der Waals surface area contributed by atoms with Gasteiger partial charge in [-0.05, 0) is 23.8 Å². The van der Waals surface area contributed by atoms with Gasteiger partial charge in [0.25, 0.3) is 0 Å². The molecule has 0 fully saturated rings. The van der Waals surface area contributed by atoms with Crippen LogP contribution in [-0.4, -0.2) is 20.9 Å². The molecule has 0 saturated carbocycles. The van der Waals surface area contributed by atoms with E-state index >= 15 is 0 Å². The van der Waals surface area contributed by atoms with E-state index in [9.17, 15) is 4.79 Å². The second-order valence-corrected chi connectivity index (χ2v) is 5.97. The SMILES string of the molecule is O=C(Cc1csc(COc2cccnc2)n1)NCc1cccnc1. The molecular weight excluding hydrogens is 324 g/mol. The fourth-order valence-corrected chi connectivity index (χ4v) is 2.71. The summed E-state index contributed by atoms with van der Waals surface area (Å²) in [6, 6.07) is 7.42. The molecule has 0 bridgehead atoms. The molecule has 0 unspecified atom stereocenters. The minimum Gasteiger partial charge on any atom is -0.485 e. The predicted octanol–water partition coefficient (Wildman–Crippen LogP) is 2.37. The maximum absolute atomic E-state index is 12.0. The molecule has 3 aromatic rings. The van der Waals surface area contributed by atoms with Crippen LogP contribution < -0.4 is 10.1 Å². The Morgan fingerprint density at radius 2 is 2.00 bits per heavy atom. The third-order valence-corrected chi connectivity index (χ3v) is 4.02. The number of amides is 1. The molecule has 7 heteroatoms. The smallest absolute Gasteiger partial charge is 0.226 e. The van der Waals surface area contributed by atoms with Crippen LogP contribution in [0.2, 0.25) is 0 Å². The lowest BCUT2D eigenvalue weighted by atomic mass is 10.2. The molecule has 0 saturated heterocycles. The zero-order chi connectivity index (χ0) is 16.6. The van der Waals surface area contributed by atoms with Crippen LogP contribution in [0.15, 0.2) is 54.4 Å². The fraction of sp³-hybridized carbons (Fsp3) is 0.176. The molecular formula is C17H16N4O2S.